The molecule has 0 saturated carbocycles. The molecule has 1 aromatic carbocycles. The van der Waals surface area contributed by atoms with Crippen LogP contribution in [-0.4, -0.2) is 4.57 Å². The number of benzene rings is 1. The lowest BCUT2D eigenvalue weighted by atomic mass is 10.0. The Labute approximate surface area is 186 Å². The second-order valence-corrected chi connectivity index (χ2v) is 8.97. The Bertz CT molecular complexity index is 644. The highest BCUT2D eigenvalue weighted by atomic mass is 15.1. The molecule has 30 heavy (non-hydrogen) atoms. The molecule has 0 bridgehead atoms. The second kappa shape index (κ2) is 16.2. The Morgan fingerprint density at radius 3 is 1.73 bits per heavy atom. The Hall–Kier alpha value is -1.57. The smallest absolute Gasteiger partial charge is 0.234 e. The molecule has 0 radical (unpaired) electrons. The molecule has 2 rings (SSSR count). The number of aryl methyl sites for hydroxylation is 1. The molecule has 0 aliphatic rings. The van der Waals surface area contributed by atoms with E-state index in [1.807, 2.05) is 0 Å². The van der Waals surface area contributed by atoms with Gasteiger partial charge < -0.3 is 0 Å². The average Bonchev–Trinajstić information content (AvgIpc) is 3.16. The Kier molecular flexibility index (Phi) is 13.3. The van der Waals surface area contributed by atoms with E-state index in [1.54, 1.807) is 0 Å². The van der Waals surface area contributed by atoms with Gasteiger partial charge in [0.15, 0.2) is 0 Å². The number of hydrogen-bond acceptors (Lipinski definition) is 0. The van der Waals surface area contributed by atoms with E-state index in [-0.39, 0.29) is 0 Å². The molecule has 2 nitrogen and oxygen atoms in total. The summed E-state index contributed by atoms with van der Waals surface area (Å²) >= 11 is 0. The minimum Gasteiger partial charge on any atom is -0.234 e. The summed E-state index contributed by atoms with van der Waals surface area (Å²) in [7, 11) is 0. The average molecular weight is 412 g/mol. The largest absolute Gasteiger partial charge is 0.256 e. The van der Waals surface area contributed by atoms with Gasteiger partial charge in [0.1, 0.15) is 18.9 Å². The van der Waals surface area contributed by atoms with Crippen LogP contribution in [0.5, 0.6) is 0 Å². The molecule has 168 valence electrons. The molecule has 0 aliphatic heterocycles. The monoisotopic (exact) mass is 411 g/mol. The van der Waals surface area contributed by atoms with Gasteiger partial charge in [0.25, 0.3) is 5.82 Å². The summed E-state index contributed by atoms with van der Waals surface area (Å²) in [5, 5.41) is 0. The van der Waals surface area contributed by atoms with Gasteiger partial charge in [0, 0.05) is 6.42 Å². The first-order chi connectivity index (χ1) is 14.8. The van der Waals surface area contributed by atoms with E-state index in [0.717, 1.165) is 13.0 Å². The summed E-state index contributed by atoms with van der Waals surface area (Å²) in [6, 6.07) is 10.8. The number of imidazole rings is 1. The molecule has 0 N–H and O–H groups in total. The van der Waals surface area contributed by atoms with Crippen molar-refractivity contribution in [2.24, 2.45) is 0 Å². The molecule has 0 unspecified atom stereocenters. The highest BCUT2D eigenvalue weighted by Crippen LogP contribution is 2.13. The van der Waals surface area contributed by atoms with Gasteiger partial charge in [0.05, 0.1) is 6.54 Å². The quantitative estimate of drug-likeness (QED) is 0.174. The van der Waals surface area contributed by atoms with Crippen LogP contribution in [0.15, 0.2) is 42.7 Å². The van der Waals surface area contributed by atoms with Crippen LogP contribution in [-0.2, 0) is 19.5 Å². The number of nitrogens with zero attached hydrogens (tertiary/aromatic N) is 2. The third kappa shape index (κ3) is 9.96. The number of aromatic nitrogens is 2. The highest BCUT2D eigenvalue weighted by Gasteiger charge is 2.14. The molecule has 0 atom stereocenters. The SMILES string of the molecule is CCCCCCCCCCCCCCCC[n+]1ccn(Cc2ccccc2)c1CC. The topological polar surface area (TPSA) is 8.81 Å². The van der Waals surface area contributed by atoms with Crippen molar-refractivity contribution in [3.63, 3.8) is 0 Å². The van der Waals surface area contributed by atoms with Crippen LogP contribution in [0.3, 0.4) is 0 Å². The van der Waals surface area contributed by atoms with Crippen molar-refractivity contribution < 1.29 is 4.57 Å². The van der Waals surface area contributed by atoms with Gasteiger partial charge in [-0.3, -0.25) is 0 Å². The van der Waals surface area contributed by atoms with Gasteiger partial charge in [0.2, 0.25) is 0 Å². The number of unbranched alkanes of at least 4 members (excludes halogenated alkanes) is 13. The van der Waals surface area contributed by atoms with Crippen molar-refractivity contribution in [3.8, 4) is 0 Å². The predicted molar refractivity (Wildman–Crippen MR) is 130 cm³/mol. The zero-order chi connectivity index (χ0) is 21.3. The summed E-state index contributed by atoms with van der Waals surface area (Å²) in [6.45, 7) is 6.72. The highest BCUT2D eigenvalue weighted by molar-refractivity contribution is 5.15. The molecular formula is C28H47N2+. The molecule has 0 spiro atoms. The van der Waals surface area contributed by atoms with Crippen molar-refractivity contribution in [3.05, 3.63) is 54.1 Å². The van der Waals surface area contributed by atoms with Gasteiger partial charge in [-0.15, -0.1) is 0 Å². The van der Waals surface area contributed by atoms with Crippen LogP contribution < -0.4 is 4.57 Å². The Morgan fingerprint density at radius 2 is 1.20 bits per heavy atom. The molecule has 0 fully saturated rings. The minimum atomic E-state index is 0.982. The van der Waals surface area contributed by atoms with Crippen molar-refractivity contribution in [2.45, 2.75) is 123 Å². The first kappa shape index (κ1) is 24.7. The summed E-state index contributed by atoms with van der Waals surface area (Å²) < 4.78 is 4.89. The van der Waals surface area contributed by atoms with E-state index in [1.165, 1.54) is 108 Å². The maximum Gasteiger partial charge on any atom is 0.256 e. The van der Waals surface area contributed by atoms with E-state index in [9.17, 15) is 0 Å². The lowest BCUT2D eigenvalue weighted by Gasteiger charge is -2.05. The fourth-order valence-electron chi connectivity index (χ4n) is 4.51. The summed E-state index contributed by atoms with van der Waals surface area (Å²) in [5.41, 5.74) is 1.38. The Morgan fingerprint density at radius 1 is 0.667 bits per heavy atom. The standard InChI is InChI=1S/C28H47N2/c1-3-5-6-7-8-9-10-11-12-13-14-15-16-20-23-29-24-25-30(28(29)4-2)26-27-21-18-17-19-22-27/h17-19,21-22,24-25H,3-16,20,23,26H2,1-2H3/q+1. The number of rotatable bonds is 18. The van der Waals surface area contributed by atoms with Crippen LogP contribution in [0, 0.1) is 0 Å². The van der Waals surface area contributed by atoms with E-state index >= 15 is 0 Å². The predicted octanol–water partition coefficient (Wildman–Crippen LogP) is 7.87. The zero-order valence-corrected chi connectivity index (χ0v) is 20.0. The maximum absolute atomic E-state index is 2.48. The van der Waals surface area contributed by atoms with Crippen LogP contribution in [0.4, 0.5) is 0 Å². The van der Waals surface area contributed by atoms with Crippen LogP contribution >= 0.6 is 0 Å². The molecule has 0 amide bonds. The minimum absolute atomic E-state index is 0.982. The van der Waals surface area contributed by atoms with Crippen molar-refractivity contribution in [1.29, 1.82) is 0 Å². The summed E-state index contributed by atoms with van der Waals surface area (Å²) in [5.74, 6) is 1.45. The summed E-state index contributed by atoms with van der Waals surface area (Å²) in [4.78, 5) is 0. The van der Waals surface area contributed by atoms with E-state index in [2.05, 4.69) is 65.7 Å². The van der Waals surface area contributed by atoms with Crippen molar-refractivity contribution in [2.75, 3.05) is 0 Å². The lowest BCUT2D eigenvalue weighted by molar-refractivity contribution is -0.704. The summed E-state index contributed by atoms with van der Waals surface area (Å²) in [6.07, 6.45) is 25.6. The maximum atomic E-state index is 2.48. The van der Waals surface area contributed by atoms with Gasteiger partial charge in [-0.05, 0) is 18.4 Å². The van der Waals surface area contributed by atoms with Crippen LogP contribution in [0.2, 0.25) is 0 Å². The second-order valence-electron chi connectivity index (χ2n) is 8.97. The van der Waals surface area contributed by atoms with Crippen LogP contribution in [0.25, 0.3) is 0 Å². The third-order valence-corrected chi connectivity index (χ3v) is 6.35. The van der Waals surface area contributed by atoms with E-state index in [4.69, 9.17) is 0 Å². The molecule has 0 aliphatic carbocycles. The lowest BCUT2D eigenvalue weighted by Crippen LogP contribution is -2.37. The zero-order valence-electron chi connectivity index (χ0n) is 20.0. The molecule has 1 aromatic heterocycles. The molecule has 2 aromatic rings. The van der Waals surface area contributed by atoms with Crippen LogP contribution in [0.1, 0.15) is 115 Å². The van der Waals surface area contributed by atoms with Crippen molar-refractivity contribution >= 4 is 0 Å². The fourth-order valence-corrected chi connectivity index (χ4v) is 4.51. The van der Waals surface area contributed by atoms with Gasteiger partial charge in [-0.2, -0.15) is 0 Å². The molecular weight excluding hydrogens is 364 g/mol. The Balaban J connectivity index is 1.50. The third-order valence-electron chi connectivity index (χ3n) is 6.35. The van der Waals surface area contributed by atoms with Crippen molar-refractivity contribution in [1.82, 2.24) is 4.57 Å². The first-order valence-electron chi connectivity index (χ1n) is 13.0. The molecule has 2 heteroatoms. The first-order valence-corrected chi connectivity index (χ1v) is 13.0. The van der Waals surface area contributed by atoms with E-state index < -0.39 is 0 Å². The normalized spacial score (nSPS) is 11.3. The number of hydrogen-bond donors (Lipinski definition) is 0. The van der Waals surface area contributed by atoms with Gasteiger partial charge >= 0.3 is 0 Å². The van der Waals surface area contributed by atoms with Gasteiger partial charge in [-0.1, -0.05) is 121 Å². The molecule has 1 heterocycles. The van der Waals surface area contributed by atoms with E-state index in [0.29, 0.717) is 0 Å². The molecule has 0 saturated heterocycles. The fraction of sp³-hybridized carbons (Fsp3) is 0.679. The van der Waals surface area contributed by atoms with Gasteiger partial charge in [-0.25, -0.2) is 9.13 Å².